The fourth-order valence-electron chi connectivity index (χ4n) is 12.8. The van der Waals surface area contributed by atoms with Gasteiger partial charge in [0, 0.05) is 72.6 Å². The summed E-state index contributed by atoms with van der Waals surface area (Å²) in [6.45, 7) is 7.27. The van der Waals surface area contributed by atoms with E-state index in [0.717, 1.165) is 137 Å². The highest BCUT2D eigenvalue weighted by Crippen LogP contribution is 2.59. The van der Waals surface area contributed by atoms with E-state index in [1.165, 1.54) is 0 Å². The minimum Gasteiger partial charge on any atom is -1.00 e. The van der Waals surface area contributed by atoms with Crippen LogP contribution in [0.1, 0.15) is 76.7 Å². The zero-order chi connectivity index (χ0) is 46.2. The van der Waals surface area contributed by atoms with Gasteiger partial charge in [0.05, 0.1) is 44.2 Å². The van der Waals surface area contributed by atoms with Crippen LogP contribution in [0, 0.1) is 20.9 Å². The van der Waals surface area contributed by atoms with Gasteiger partial charge in [-0.05, 0) is 51.2 Å². The first-order valence-electron chi connectivity index (χ1n) is 24.1. The van der Waals surface area contributed by atoms with Crippen molar-refractivity contribution in [2.24, 2.45) is 10.8 Å². The third-order valence-electron chi connectivity index (χ3n) is 16.9. The molecule has 69 heavy (non-hydrogen) atoms. The number of hydrogen-bond donors (Lipinski definition) is 2. The van der Waals surface area contributed by atoms with Crippen molar-refractivity contribution in [3.63, 3.8) is 0 Å². The highest BCUT2D eigenvalue weighted by atomic mass is 79.9. The van der Waals surface area contributed by atoms with Gasteiger partial charge in [0.1, 0.15) is 24.3 Å². The van der Waals surface area contributed by atoms with Gasteiger partial charge in [0.25, 0.3) is 5.69 Å². The first-order chi connectivity index (χ1) is 32.5. The number of non-ortho nitro benzene ring substituents is 1. The van der Waals surface area contributed by atoms with Crippen LogP contribution < -0.4 is 34.0 Å². The van der Waals surface area contributed by atoms with Crippen molar-refractivity contribution in [1.82, 2.24) is 0 Å². The molecule has 0 saturated carbocycles. The Labute approximate surface area is 427 Å². The van der Waals surface area contributed by atoms with E-state index in [0.29, 0.717) is 6.54 Å². The van der Waals surface area contributed by atoms with Gasteiger partial charge in [0.15, 0.2) is 0 Å². The molecule has 356 valence electrons. The molecule has 10 heteroatoms. The molecule has 0 amide bonds. The van der Waals surface area contributed by atoms with Crippen molar-refractivity contribution < 1.29 is 62.9 Å². The van der Waals surface area contributed by atoms with E-state index in [-0.39, 0.29) is 61.2 Å². The van der Waals surface area contributed by atoms with Gasteiger partial charge >= 0.3 is 0 Å². The molecule has 6 heterocycles. The second kappa shape index (κ2) is 20.2. The Balaban J connectivity index is 0.000000182. The molecule has 0 atom stereocenters. The van der Waals surface area contributed by atoms with E-state index in [9.17, 15) is 25.1 Å². The average Bonchev–Trinajstić information content (AvgIpc) is 3.40. The summed E-state index contributed by atoms with van der Waals surface area (Å²) in [5.41, 5.74) is 3.53. The highest BCUT2D eigenvalue weighted by molar-refractivity contribution is 6.00. The molecule has 0 aliphatic carbocycles. The van der Waals surface area contributed by atoms with Gasteiger partial charge in [-0.1, -0.05) is 158 Å². The Kier molecular flexibility index (Phi) is 14.6. The Morgan fingerprint density at radius 2 is 0.855 bits per heavy atom. The standard InChI is InChI=1S/C32H32NO2.C27H29N2O3.2BrH/c34-30(27-16-15-25-9-7-8-10-26(25)23-27)24-33-20-17-31(18-21-33,19-22-33)32(35,28-11-3-1-4-12-28)29-13-5-2-6-14-29;30-27(23-7-3-1-4-8-23,24-9-5-2-6-10-24)26-15-18-29(19-16-26,20-17-26)21-22-11-13-25(14-12-22)28(31)32;;/h1-16,23,35H,17-22,24H2;1-14,30H,15-21H2;2*1H/q2*+1;;/p-2. The molecule has 8 nitrogen and oxygen atoms in total. The summed E-state index contributed by atoms with van der Waals surface area (Å²) in [6.07, 6.45) is 5.62. The van der Waals surface area contributed by atoms with E-state index in [1.807, 2.05) is 109 Å². The van der Waals surface area contributed by atoms with Crippen LogP contribution in [-0.2, 0) is 17.7 Å². The van der Waals surface area contributed by atoms with Crippen molar-refractivity contribution in [1.29, 1.82) is 0 Å². The molecule has 4 bridgehead atoms. The number of nitrogens with zero attached hydrogens (tertiary/aromatic N) is 3. The van der Waals surface area contributed by atoms with E-state index >= 15 is 0 Å². The first-order valence-corrected chi connectivity index (χ1v) is 24.1. The molecule has 6 aliphatic heterocycles. The Hall–Kier alpha value is -5.33. The van der Waals surface area contributed by atoms with Gasteiger partial charge in [-0.25, -0.2) is 0 Å². The summed E-state index contributed by atoms with van der Waals surface area (Å²) < 4.78 is 1.84. The lowest BCUT2D eigenvalue weighted by Crippen LogP contribution is -3.00. The number of benzene rings is 7. The molecule has 6 aliphatic rings. The van der Waals surface area contributed by atoms with E-state index < -0.39 is 11.2 Å². The summed E-state index contributed by atoms with van der Waals surface area (Å²) >= 11 is 0. The topological polar surface area (TPSA) is 101 Å². The quantitative estimate of drug-likeness (QED) is 0.0778. The number of nitro benzene ring substituents is 1. The monoisotopic (exact) mass is 1050 g/mol. The number of carbonyl (C=O) groups excluding carboxylic acids is 1. The summed E-state index contributed by atoms with van der Waals surface area (Å²) in [4.78, 5) is 24.0. The molecule has 13 rings (SSSR count). The summed E-state index contributed by atoms with van der Waals surface area (Å²) in [6, 6.07) is 61.9. The minimum absolute atomic E-state index is 0. The molecule has 0 unspecified atom stereocenters. The van der Waals surface area contributed by atoms with Crippen LogP contribution >= 0.6 is 0 Å². The zero-order valence-corrected chi connectivity index (χ0v) is 42.2. The average molecular weight is 1050 g/mol. The predicted octanol–water partition coefficient (Wildman–Crippen LogP) is 5.00. The van der Waals surface area contributed by atoms with Crippen LogP contribution in [0.5, 0.6) is 0 Å². The lowest BCUT2D eigenvalue weighted by molar-refractivity contribution is -0.958. The number of halogens is 2. The number of nitro groups is 1. The second-order valence-corrected chi connectivity index (χ2v) is 20.2. The lowest BCUT2D eigenvalue weighted by atomic mass is 9.56. The number of hydrogen-bond acceptors (Lipinski definition) is 5. The maximum Gasteiger partial charge on any atom is 0.269 e. The van der Waals surface area contributed by atoms with Crippen LogP contribution in [0.15, 0.2) is 188 Å². The van der Waals surface area contributed by atoms with Crippen molar-refractivity contribution in [3.05, 3.63) is 232 Å². The number of ketones is 1. The summed E-state index contributed by atoms with van der Waals surface area (Å²) in [5, 5.41) is 38.2. The minimum atomic E-state index is -1.03. The molecular weight excluding hydrogens is 990 g/mol. The van der Waals surface area contributed by atoms with Gasteiger partial charge in [0.2, 0.25) is 5.78 Å². The molecule has 0 aromatic heterocycles. The van der Waals surface area contributed by atoms with Crippen molar-refractivity contribution >= 4 is 22.2 Å². The van der Waals surface area contributed by atoms with Gasteiger partial charge in [-0.2, -0.15) is 0 Å². The fourth-order valence-corrected chi connectivity index (χ4v) is 12.8. The van der Waals surface area contributed by atoms with Crippen LogP contribution in [0.3, 0.4) is 0 Å². The first kappa shape index (κ1) is 50.1. The third kappa shape index (κ3) is 9.16. The normalized spacial score (nSPS) is 23.7. The van der Waals surface area contributed by atoms with Crippen LogP contribution in [0.4, 0.5) is 5.69 Å². The SMILES string of the molecule is O=C(C[N+]12CCC(C(O)(c3ccccc3)c3ccccc3)(CC1)CC2)c1ccc2ccccc2c1.O=[N+]([O-])c1ccc(C[N+]23CCC(C(O)(c4ccccc4)c4ccccc4)(CC2)CC3)cc1.[Br-].[Br-]. The molecule has 7 aromatic rings. The molecular formula is C59H61Br2N3O5. The van der Waals surface area contributed by atoms with Crippen molar-refractivity contribution in [3.8, 4) is 0 Å². The number of Topliss-reactive ketones (excluding diaryl/α,β-unsaturated/α-hetero) is 1. The molecule has 6 fully saturated rings. The van der Waals surface area contributed by atoms with Crippen LogP contribution in [-0.4, -0.2) is 75.7 Å². The predicted molar refractivity (Wildman–Crippen MR) is 264 cm³/mol. The molecule has 0 spiro atoms. The second-order valence-electron chi connectivity index (χ2n) is 20.2. The number of carbonyl (C=O) groups is 1. The maximum absolute atomic E-state index is 13.4. The number of aliphatic hydroxyl groups is 2. The largest absolute Gasteiger partial charge is 1.00 e. The highest BCUT2D eigenvalue weighted by Gasteiger charge is 2.62. The molecule has 2 N–H and O–H groups in total. The molecule has 0 radical (unpaired) electrons. The van der Waals surface area contributed by atoms with Crippen LogP contribution in [0.25, 0.3) is 10.8 Å². The summed E-state index contributed by atoms with van der Waals surface area (Å²) in [7, 11) is 0. The van der Waals surface area contributed by atoms with E-state index in [4.69, 9.17) is 0 Å². The Bertz CT molecular complexity index is 2740. The lowest BCUT2D eigenvalue weighted by Gasteiger charge is -2.60. The van der Waals surface area contributed by atoms with E-state index in [1.54, 1.807) is 12.1 Å². The maximum atomic E-state index is 13.4. The van der Waals surface area contributed by atoms with Gasteiger partial charge in [-0.3, -0.25) is 14.9 Å². The fraction of sp³-hybridized carbons (Fsp3) is 0.305. The Morgan fingerprint density at radius 1 is 0.493 bits per heavy atom. The third-order valence-corrected chi connectivity index (χ3v) is 16.9. The molecule has 7 aromatic carbocycles. The molecule has 6 saturated heterocycles. The van der Waals surface area contributed by atoms with Gasteiger partial charge in [-0.15, -0.1) is 0 Å². The smallest absolute Gasteiger partial charge is 0.269 e. The number of quaternary nitrogens is 2. The number of piperidine rings is 6. The van der Waals surface area contributed by atoms with Crippen molar-refractivity contribution in [2.75, 3.05) is 45.8 Å². The zero-order valence-electron chi connectivity index (χ0n) is 39.0. The number of rotatable bonds is 12. The van der Waals surface area contributed by atoms with E-state index in [2.05, 4.69) is 66.7 Å². The number of fused-ring (bicyclic) bond motifs is 7. The van der Waals surface area contributed by atoms with Crippen LogP contribution in [0.2, 0.25) is 0 Å². The summed E-state index contributed by atoms with van der Waals surface area (Å²) in [5.74, 6) is 0.228. The Morgan fingerprint density at radius 3 is 1.25 bits per heavy atom. The van der Waals surface area contributed by atoms with Crippen molar-refractivity contribution in [2.45, 2.75) is 56.3 Å². The van der Waals surface area contributed by atoms with Gasteiger partial charge < -0.3 is 53.1 Å².